The van der Waals surface area contributed by atoms with E-state index in [-0.39, 0.29) is 0 Å². The lowest BCUT2D eigenvalue weighted by Gasteiger charge is -2.26. The Morgan fingerprint density at radius 2 is 1.79 bits per heavy atom. The van der Waals surface area contributed by atoms with Crippen LogP contribution < -0.4 is 5.32 Å². The summed E-state index contributed by atoms with van der Waals surface area (Å²) in [5.41, 5.74) is 0. The van der Waals surface area contributed by atoms with Gasteiger partial charge < -0.3 is 15.0 Å². The fraction of sp³-hybridized carbons (Fsp3) is 1.00. The lowest BCUT2D eigenvalue weighted by molar-refractivity contribution is 0.190. The van der Waals surface area contributed by atoms with Crippen LogP contribution >= 0.6 is 0 Å². The van der Waals surface area contributed by atoms with Crippen LogP contribution in [0.3, 0.4) is 0 Å². The van der Waals surface area contributed by atoms with Gasteiger partial charge in [0.1, 0.15) is 0 Å². The Balaban J connectivity index is 1.82. The molecular formula is C11H24N2O. The Hall–Kier alpha value is -0.120. The van der Waals surface area contributed by atoms with Crippen molar-refractivity contribution in [3.8, 4) is 0 Å². The van der Waals surface area contributed by atoms with Crippen LogP contribution in [0.25, 0.3) is 0 Å². The first kappa shape index (κ1) is 12.0. The minimum atomic E-state index is 0.924. The molecule has 0 amide bonds. The van der Waals surface area contributed by atoms with Gasteiger partial charge in [0.15, 0.2) is 0 Å². The Kier molecular flexibility index (Phi) is 7.01. The van der Waals surface area contributed by atoms with Crippen LogP contribution in [-0.2, 0) is 4.74 Å². The van der Waals surface area contributed by atoms with E-state index in [1.54, 1.807) is 7.11 Å². The first-order chi connectivity index (χ1) is 6.93. The molecule has 0 radical (unpaired) electrons. The second-order valence-electron chi connectivity index (χ2n) is 4.00. The summed E-state index contributed by atoms with van der Waals surface area (Å²) in [5.74, 6) is 0. The maximum Gasteiger partial charge on any atom is 0.0462 e. The van der Waals surface area contributed by atoms with Crippen molar-refractivity contribution in [1.82, 2.24) is 10.2 Å². The van der Waals surface area contributed by atoms with Crippen molar-refractivity contribution in [2.45, 2.75) is 25.7 Å². The number of hydrogen-bond acceptors (Lipinski definition) is 3. The minimum absolute atomic E-state index is 0.924. The van der Waals surface area contributed by atoms with Crippen molar-refractivity contribution in [2.75, 3.05) is 46.4 Å². The van der Waals surface area contributed by atoms with Crippen molar-refractivity contribution in [3.05, 3.63) is 0 Å². The van der Waals surface area contributed by atoms with E-state index in [0.29, 0.717) is 0 Å². The molecule has 1 aliphatic heterocycles. The Bertz CT molecular complexity index is 124. The molecule has 1 heterocycles. The summed E-state index contributed by atoms with van der Waals surface area (Å²) in [6.07, 6.45) is 5.25. The molecule has 0 atom stereocenters. The Morgan fingerprint density at radius 3 is 2.50 bits per heavy atom. The fourth-order valence-electron chi connectivity index (χ4n) is 1.87. The predicted molar refractivity (Wildman–Crippen MR) is 59.7 cm³/mol. The molecule has 0 aromatic rings. The van der Waals surface area contributed by atoms with E-state index in [9.17, 15) is 0 Å². The minimum Gasteiger partial charge on any atom is -0.385 e. The van der Waals surface area contributed by atoms with E-state index >= 15 is 0 Å². The number of nitrogens with one attached hydrogen (secondary N) is 1. The van der Waals surface area contributed by atoms with Crippen LogP contribution in [0.15, 0.2) is 0 Å². The lowest BCUT2D eigenvalue weighted by atomic mass is 10.2. The molecule has 3 nitrogen and oxygen atoms in total. The van der Waals surface area contributed by atoms with Crippen molar-refractivity contribution < 1.29 is 4.74 Å². The van der Waals surface area contributed by atoms with E-state index in [0.717, 1.165) is 6.61 Å². The van der Waals surface area contributed by atoms with Gasteiger partial charge in [-0.2, -0.15) is 0 Å². The molecule has 1 aliphatic rings. The third-order valence-corrected chi connectivity index (χ3v) is 2.78. The van der Waals surface area contributed by atoms with Gasteiger partial charge >= 0.3 is 0 Å². The largest absolute Gasteiger partial charge is 0.385 e. The topological polar surface area (TPSA) is 24.5 Å². The average molecular weight is 200 g/mol. The van der Waals surface area contributed by atoms with Crippen LogP contribution in [-0.4, -0.2) is 51.3 Å². The molecule has 84 valence electrons. The summed E-state index contributed by atoms with van der Waals surface area (Å²) in [7, 11) is 1.78. The molecule has 1 rings (SSSR count). The van der Waals surface area contributed by atoms with Crippen LogP contribution in [0, 0.1) is 0 Å². The standard InChI is InChI=1S/C11H24N2O/c1-14-11-5-3-2-4-8-13-9-6-12-7-10-13/h12H,2-11H2,1H3. The highest BCUT2D eigenvalue weighted by atomic mass is 16.5. The normalized spacial score (nSPS) is 18.6. The number of piperazine rings is 1. The second-order valence-corrected chi connectivity index (χ2v) is 4.00. The highest BCUT2D eigenvalue weighted by molar-refractivity contribution is 4.66. The van der Waals surface area contributed by atoms with E-state index in [1.807, 2.05) is 0 Å². The van der Waals surface area contributed by atoms with E-state index in [4.69, 9.17) is 4.74 Å². The second kappa shape index (κ2) is 8.21. The molecule has 0 saturated carbocycles. The summed E-state index contributed by atoms with van der Waals surface area (Å²) in [6, 6.07) is 0. The summed E-state index contributed by atoms with van der Waals surface area (Å²) < 4.78 is 5.02. The Labute approximate surface area is 87.8 Å². The van der Waals surface area contributed by atoms with Crippen LogP contribution in [0.2, 0.25) is 0 Å². The van der Waals surface area contributed by atoms with Gasteiger partial charge in [-0.25, -0.2) is 0 Å². The van der Waals surface area contributed by atoms with Crippen molar-refractivity contribution in [2.24, 2.45) is 0 Å². The number of methoxy groups -OCH3 is 1. The van der Waals surface area contributed by atoms with Crippen molar-refractivity contribution in [1.29, 1.82) is 0 Å². The molecule has 0 spiro atoms. The predicted octanol–water partition coefficient (Wildman–Crippen LogP) is 1.10. The maximum absolute atomic E-state index is 5.02. The highest BCUT2D eigenvalue weighted by Gasteiger charge is 2.07. The van der Waals surface area contributed by atoms with Crippen LogP contribution in [0.1, 0.15) is 25.7 Å². The van der Waals surface area contributed by atoms with Gasteiger partial charge in [-0.05, 0) is 19.4 Å². The summed E-state index contributed by atoms with van der Waals surface area (Å²) in [6.45, 7) is 7.02. The van der Waals surface area contributed by atoms with Gasteiger partial charge in [-0.3, -0.25) is 0 Å². The van der Waals surface area contributed by atoms with Crippen molar-refractivity contribution in [3.63, 3.8) is 0 Å². The molecule has 1 saturated heterocycles. The molecule has 0 aliphatic carbocycles. The molecule has 0 bridgehead atoms. The fourth-order valence-corrected chi connectivity index (χ4v) is 1.87. The van der Waals surface area contributed by atoms with Crippen LogP contribution in [0.5, 0.6) is 0 Å². The smallest absolute Gasteiger partial charge is 0.0462 e. The van der Waals surface area contributed by atoms with Crippen LogP contribution in [0.4, 0.5) is 0 Å². The van der Waals surface area contributed by atoms with Crippen molar-refractivity contribution >= 4 is 0 Å². The van der Waals surface area contributed by atoms with Gasteiger partial charge in [-0.15, -0.1) is 0 Å². The summed E-state index contributed by atoms with van der Waals surface area (Å²) in [4.78, 5) is 2.56. The lowest BCUT2D eigenvalue weighted by Crippen LogP contribution is -2.43. The number of rotatable bonds is 7. The molecule has 3 heteroatoms. The number of nitrogens with zero attached hydrogens (tertiary/aromatic N) is 1. The SMILES string of the molecule is COCCCCCCN1CCNCC1. The molecule has 1 N–H and O–H groups in total. The molecule has 0 unspecified atom stereocenters. The molecule has 0 aromatic heterocycles. The zero-order valence-corrected chi connectivity index (χ0v) is 9.43. The van der Waals surface area contributed by atoms with Gasteiger partial charge in [0.05, 0.1) is 0 Å². The van der Waals surface area contributed by atoms with Gasteiger partial charge in [0, 0.05) is 39.9 Å². The highest BCUT2D eigenvalue weighted by Crippen LogP contribution is 2.02. The van der Waals surface area contributed by atoms with E-state index < -0.39 is 0 Å². The monoisotopic (exact) mass is 200 g/mol. The summed E-state index contributed by atoms with van der Waals surface area (Å²) in [5, 5.41) is 3.37. The molecule has 0 aromatic carbocycles. The Morgan fingerprint density at radius 1 is 1.07 bits per heavy atom. The molecule has 1 fully saturated rings. The van der Waals surface area contributed by atoms with E-state index in [1.165, 1.54) is 58.4 Å². The first-order valence-corrected chi connectivity index (χ1v) is 5.85. The van der Waals surface area contributed by atoms with E-state index in [2.05, 4.69) is 10.2 Å². The maximum atomic E-state index is 5.02. The first-order valence-electron chi connectivity index (χ1n) is 5.85. The van der Waals surface area contributed by atoms with Gasteiger partial charge in [0.2, 0.25) is 0 Å². The quantitative estimate of drug-likeness (QED) is 0.623. The number of ether oxygens (including phenoxy) is 1. The number of unbranched alkanes of at least 4 members (excludes halogenated alkanes) is 3. The van der Waals surface area contributed by atoms with Gasteiger partial charge in [-0.1, -0.05) is 12.8 Å². The third kappa shape index (κ3) is 5.58. The summed E-state index contributed by atoms with van der Waals surface area (Å²) >= 11 is 0. The van der Waals surface area contributed by atoms with Gasteiger partial charge in [0.25, 0.3) is 0 Å². The molecule has 14 heavy (non-hydrogen) atoms. The zero-order valence-electron chi connectivity index (χ0n) is 9.43. The number of hydrogen-bond donors (Lipinski definition) is 1. The average Bonchev–Trinajstić information content (AvgIpc) is 2.25. The molecular weight excluding hydrogens is 176 g/mol. The zero-order chi connectivity index (χ0) is 10.1. The third-order valence-electron chi connectivity index (χ3n) is 2.78.